The zero-order valence-electron chi connectivity index (χ0n) is 7.17. The lowest BCUT2D eigenvalue weighted by Gasteiger charge is -2.16. The van der Waals surface area contributed by atoms with Crippen LogP contribution in [0.1, 0.15) is 6.92 Å². The van der Waals surface area contributed by atoms with Crippen molar-refractivity contribution < 1.29 is 22.2 Å². The van der Waals surface area contributed by atoms with Crippen molar-refractivity contribution in [2.24, 2.45) is 0 Å². The second-order valence-corrected chi connectivity index (χ2v) is 4.31. The molecule has 0 aromatic carbocycles. The third-order valence-electron chi connectivity index (χ3n) is 1.02. The molecule has 0 bridgehead atoms. The van der Waals surface area contributed by atoms with E-state index in [9.17, 15) is 13.2 Å². The quantitative estimate of drug-likeness (QED) is 0.516. The van der Waals surface area contributed by atoms with E-state index in [0.717, 1.165) is 5.82 Å². The molecule has 0 aliphatic carbocycles. The lowest BCUT2D eigenvalue weighted by Crippen LogP contribution is -2.17. The molecule has 0 spiro atoms. The molecular weight excluding hydrogens is 203 g/mol. The molecule has 0 aliphatic heterocycles. The predicted molar refractivity (Wildman–Crippen MR) is 46.5 cm³/mol. The standard InChI is InChI=1S/C6H10BF3O2P/c1-3-11-13(7,4-2)12-5-6(8,9)10/h4H,2-3,5H2,1H3/q+1. The zero-order valence-corrected chi connectivity index (χ0v) is 8.07. The van der Waals surface area contributed by atoms with Crippen LogP contribution in [0.5, 0.6) is 0 Å². The SMILES string of the molecule is [B][P+](C=C)(OCC)OCC(F)(F)F. The summed E-state index contributed by atoms with van der Waals surface area (Å²) in [5.74, 6) is 1.09. The Morgan fingerprint density at radius 1 is 1.46 bits per heavy atom. The Morgan fingerprint density at radius 3 is 2.31 bits per heavy atom. The maximum absolute atomic E-state index is 11.7. The molecule has 1 atom stereocenters. The van der Waals surface area contributed by atoms with Crippen LogP contribution in [-0.2, 0) is 9.05 Å². The third-order valence-corrected chi connectivity index (χ3v) is 2.72. The molecule has 74 valence electrons. The van der Waals surface area contributed by atoms with Crippen LogP contribution in [0, 0.1) is 0 Å². The molecule has 0 fully saturated rings. The van der Waals surface area contributed by atoms with E-state index in [4.69, 9.17) is 12.1 Å². The first-order valence-electron chi connectivity index (χ1n) is 3.49. The van der Waals surface area contributed by atoms with Crippen molar-refractivity contribution in [1.82, 2.24) is 0 Å². The van der Waals surface area contributed by atoms with E-state index in [0.29, 0.717) is 0 Å². The highest BCUT2D eigenvalue weighted by Crippen LogP contribution is 2.57. The summed E-state index contributed by atoms with van der Waals surface area (Å²) in [4.78, 5) is 0. The van der Waals surface area contributed by atoms with E-state index in [-0.39, 0.29) is 6.61 Å². The molecule has 0 aromatic rings. The molecule has 0 heterocycles. The number of alkyl halides is 3. The minimum absolute atomic E-state index is 0.189. The van der Waals surface area contributed by atoms with E-state index >= 15 is 0 Å². The maximum atomic E-state index is 11.7. The first-order valence-corrected chi connectivity index (χ1v) is 5.26. The molecular formula is C6H10BF3O2P+. The van der Waals surface area contributed by atoms with E-state index in [1.807, 2.05) is 0 Å². The van der Waals surface area contributed by atoms with Crippen LogP contribution >= 0.6 is 7.59 Å². The lowest BCUT2D eigenvalue weighted by atomic mass is 10.7. The Hall–Kier alpha value is -0.0551. The van der Waals surface area contributed by atoms with Crippen molar-refractivity contribution in [2.45, 2.75) is 13.1 Å². The van der Waals surface area contributed by atoms with Gasteiger partial charge in [-0.1, -0.05) is 6.58 Å². The smallest absolute Gasteiger partial charge is 0.222 e. The fraction of sp³-hybridized carbons (Fsp3) is 0.667. The van der Waals surface area contributed by atoms with Crippen molar-refractivity contribution in [3.05, 3.63) is 12.4 Å². The lowest BCUT2D eigenvalue weighted by molar-refractivity contribution is -0.153. The Labute approximate surface area is 77.0 Å². The highest BCUT2D eigenvalue weighted by molar-refractivity contribution is 7.92. The number of rotatable bonds is 5. The van der Waals surface area contributed by atoms with Crippen LogP contribution in [0.2, 0.25) is 0 Å². The largest absolute Gasteiger partial charge is 0.450 e. The van der Waals surface area contributed by atoms with Crippen molar-refractivity contribution in [3.63, 3.8) is 0 Å². The second kappa shape index (κ2) is 4.98. The average Bonchev–Trinajstić information content (AvgIpc) is 2.01. The van der Waals surface area contributed by atoms with Gasteiger partial charge in [0.2, 0.25) is 7.59 Å². The van der Waals surface area contributed by atoms with Gasteiger partial charge in [-0.25, -0.2) is 9.05 Å². The topological polar surface area (TPSA) is 18.5 Å². The number of hydrogen-bond donors (Lipinski definition) is 0. The van der Waals surface area contributed by atoms with Crippen LogP contribution in [0.3, 0.4) is 0 Å². The maximum Gasteiger partial charge on any atom is 0.450 e. The minimum atomic E-state index is -4.40. The normalized spacial score (nSPS) is 16.6. The van der Waals surface area contributed by atoms with Gasteiger partial charge in [-0.15, -0.1) is 0 Å². The Bertz CT molecular complexity index is 176. The molecule has 13 heavy (non-hydrogen) atoms. The summed E-state index contributed by atoms with van der Waals surface area (Å²) in [6.07, 6.45) is -4.40. The van der Waals surface area contributed by atoms with Gasteiger partial charge in [0, 0.05) is 0 Å². The molecule has 0 saturated heterocycles. The van der Waals surface area contributed by atoms with Crippen LogP contribution in [0.15, 0.2) is 12.4 Å². The van der Waals surface area contributed by atoms with Crippen LogP contribution in [0.25, 0.3) is 0 Å². The molecule has 0 aromatic heterocycles. The van der Waals surface area contributed by atoms with Crippen LogP contribution in [-0.4, -0.2) is 27.0 Å². The van der Waals surface area contributed by atoms with Gasteiger partial charge in [-0.3, -0.25) is 0 Å². The van der Waals surface area contributed by atoms with Gasteiger partial charge < -0.3 is 0 Å². The van der Waals surface area contributed by atoms with Gasteiger partial charge in [-0.05, 0) is 6.92 Å². The first kappa shape index (κ1) is 12.9. The van der Waals surface area contributed by atoms with Gasteiger partial charge in [0.25, 0.3) is 0 Å². The Kier molecular flexibility index (Phi) is 4.96. The Morgan fingerprint density at radius 2 is 2.00 bits per heavy atom. The summed E-state index contributed by atoms with van der Waals surface area (Å²) in [6.45, 7) is 3.65. The fourth-order valence-electron chi connectivity index (χ4n) is 0.519. The summed E-state index contributed by atoms with van der Waals surface area (Å²) in [5, 5.41) is 0. The van der Waals surface area contributed by atoms with Gasteiger partial charge in [-0.2, -0.15) is 13.2 Å². The van der Waals surface area contributed by atoms with E-state index < -0.39 is 20.4 Å². The summed E-state index contributed by atoms with van der Waals surface area (Å²) in [7, 11) is 2.36. The first-order chi connectivity index (χ1) is 5.83. The zero-order chi connectivity index (χ0) is 10.5. The van der Waals surface area contributed by atoms with Gasteiger partial charge in [0.05, 0.1) is 12.4 Å². The molecule has 0 N–H and O–H groups in total. The average molecular weight is 213 g/mol. The van der Waals surface area contributed by atoms with Gasteiger partial charge in [0.1, 0.15) is 0 Å². The summed E-state index contributed by atoms with van der Waals surface area (Å²) in [6, 6.07) is 0. The molecule has 0 rings (SSSR count). The monoisotopic (exact) mass is 213 g/mol. The molecule has 0 aliphatic rings. The molecule has 0 amide bonds. The van der Waals surface area contributed by atoms with E-state index in [2.05, 4.69) is 11.1 Å². The van der Waals surface area contributed by atoms with Crippen molar-refractivity contribution in [2.75, 3.05) is 13.2 Å². The van der Waals surface area contributed by atoms with E-state index in [1.165, 1.54) is 0 Å². The summed E-state index contributed by atoms with van der Waals surface area (Å²) in [5.41, 5.74) is 0. The Balaban J connectivity index is 4.05. The number of halogens is 3. The van der Waals surface area contributed by atoms with E-state index in [1.54, 1.807) is 6.92 Å². The highest BCUT2D eigenvalue weighted by atomic mass is 31.2. The molecule has 1 unspecified atom stereocenters. The summed E-state index contributed by atoms with van der Waals surface area (Å²) < 4.78 is 44.4. The van der Waals surface area contributed by atoms with Crippen LogP contribution in [0.4, 0.5) is 13.2 Å². The molecule has 2 nitrogen and oxygen atoms in total. The fourth-order valence-corrected chi connectivity index (χ4v) is 1.56. The van der Waals surface area contributed by atoms with Gasteiger partial charge in [0.15, 0.2) is 6.61 Å². The molecule has 7 heteroatoms. The van der Waals surface area contributed by atoms with Crippen LogP contribution < -0.4 is 0 Å². The molecule has 0 saturated carbocycles. The van der Waals surface area contributed by atoms with Crippen molar-refractivity contribution >= 4 is 15.2 Å². The number of hydrogen-bond acceptors (Lipinski definition) is 2. The summed E-state index contributed by atoms with van der Waals surface area (Å²) >= 11 is 0. The minimum Gasteiger partial charge on any atom is -0.222 e. The highest BCUT2D eigenvalue weighted by Gasteiger charge is 2.39. The second-order valence-electron chi connectivity index (χ2n) is 2.13. The molecule has 2 radical (unpaired) electrons. The third kappa shape index (κ3) is 6.08. The van der Waals surface area contributed by atoms with Crippen molar-refractivity contribution in [1.29, 1.82) is 0 Å². The van der Waals surface area contributed by atoms with Crippen molar-refractivity contribution in [3.8, 4) is 0 Å². The van der Waals surface area contributed by atoms with Gasteiger partial charge >= 0.3 is 13.7 Å². The predicted octanol–water partition coefficient (Wildman–Crippen LogP) is 2.68.